The van der Waals surface area contributed by atoms with E-state index in [1.54, 1.807) is 41.8 Å². The first-order valence-corrected chi connectivity index (χ1v) is 21.2. The number of methoxy groups -OCH3 is 1. The first-order chi connectivity index (χ1) is 30.3. The number of nitrogens with two attached hydrogens (primary N) is 2. The van der Waals surface area contributed by atoms with Crippen LogP contribution < -0.4 is 31.6 Å². The third kappa shape index (κ3) is 9.39. The molecule has 63 heavy (non-hydrogen) atoms. The minimum Gasteiger partial charge on any atom is -0.494 e. The van der Waals surface area contributed by atoms with Gasteiger partial charge in [-0.2, -0.15) is 5.10 Å². The first-order valence-electron chi connectivity index (χ1n) is 20.4. The Labute approximate surface area is 365 Å². The average molecular weight is 885 g/mol. The molecule has 6 aromatic rings. The van der Waals surface area contributed by atoms with Gasteiger partial charge in [-0.1, -0.05) is 19.1 Å². The van der Waals surface area contributed by atoms with E-state index in [1.165, 1.54) is 33.8 Å². The fourth-order valence-electron chi connectivity index (χ4n) is 7.45. The molecule has 0 unspecified atom stereocenters. The Bertz CT molecular complexity index is 2750. The summed E-state index contributed by atoms with van der Waals surface area (Å²) in [5.74, 6) is -3.09. The third-order valence-electron chi connectivity index (χ3n) is 10.5. The van der Waals surface area contributed by atoms with Crippen LogP contribution >= 0.6 is 11.3 Å². The van der Waals surface area contributed by atoms with Crippen molar-refractivity contribution >= 4 is 68.9 Å². The molecule has 7 rings (SSSR count). The fraction of sp³-hybridized carbons (Fsp3) is 0.381. The molecule has 21 heteroatoms. The zero-order valence-corrected chi connectivity index (χ0v) is 36.4. The van der Waals surface area contributed by atoms with Crippen molar-refractivity contribution in [2.45, 2.75) is 60.2 Å². The van der Waals surface area contributed by atoms with E-state index in [4.69, 9.17) is 30.7 Å². The summed E-state index contributed by atoms with van der Waals surface area (Å²) in [6.45, 7) is 12.0. The summed E-state index contributed by atoms with van der Waals surface area (Å²) in [4.78, 5) is 68.7. The maximum absolute atomic E-state index is 15.9. The second-order valence-corrected chi connectivity index (χ2v) is 15.9. The topological polar surface area (TPSA) is 242 Å². The molecule has 4 aromatic heterocycles. The lowest BCUT2D eigenvalue weighted by molar-refractivity contribution is 0.0358. The van der Waals surface area contributed by atoms with Crippen LogP contribution in [0.1, 0.15) is 77.5 Å². The molecule has 2 aromatic carbocycles. The maximum atomic E-state index is 15.9. The Balaban J connectivity index is 1.27. The lowest BCUT2D eigenvalue weighted by Crippen LogP contribution is -2.37. The van der Waals surface area contributed by atoms with Crippen molar-refractivity contribution in [3.63, 3.8) is 0 Å². The minimum atomic E-state index is -1.02. The molecule has 1 saturated heterocycles. The van der Waals surface area contributed by atoms with Gasteiger partial charge in [-0.05, 0) is 57.9 Å². The maximum Gasteiger partial charge on any atom is 0.276 e. The molecule has 1 aliphatic heterocycles. The van der Waals surface area contributed by atoms with E-state index in [-0.39, 0.29) is 53.0 Å². The second kappa shape index (κ2) is 19.1. The van der Waals surface area contributed by atoms with Crippen LogP contribution in [0.4, 0.5) is 16.3 Å². The number of allylic oxidation sites excluding steroid dienone is 2. The van der Waals surface area contributed by atoms with Crippen molar-refractivity contribution in [1.29, 1.82) is 0 Å². The number of nitrogens with zero attached hydrogens (tertiary/aromatic N) is 8. The number of rotatable bonds is 18. The SMILES string of the molecule is CCc1nc(C)sc1C(=O)Nc1nc2cc(C(N)=O)cc(OCCCN3CCOCC3)c2n1C/C=C/Cn1c(NC(=O)c2cc(C)nn2CC)nc2c(F)c(C(N)=O)cc(OC)c21. The van der Waals surface area contributed by atoms with Crippen molar-refractivity contribution < 1.29 is 37.8 Å². The molecule has 6 N–H and O–H groups in total. The minimum absolute atomic E-state index is 0.00887. The van der Waals surface area contributed by atoms with Gasteiger partial charge in [-0.15, -0.1) is 11.3 Å². The number of hydrogen-bond donors (Lipinski definition) is 4. The monoisotopic (exact) mass is 884 g/mol. The molecule has 5 heterocycles. The van der Waals surface area contributed by atoms with E-state index in [1.807, 2.05) is 20.8 Å². The molecule has 0 bridgehead atoms. The van der Waals surface area contributed by atoms with Gasteiger partial charge in [0.25, 0.3) is 17.7 Å². The Morgan fingerprint density at radius 1 is 0.905 bits per heavy atom. The van der Waals surface area contributed by atoms with Crippen molar-refractivity contribution in [3.8, 4) is 11.5 Å². The van der Waals surface area contributed by atoms with Gasteiger partial charge in [0, 0.05) is 44.8 Å². The molecular formula is C42H49FN12O7S. The number of aromatic nitrogens is 7. The predicted molar refractivity (Wildman–Crippen MR) is 234 cm³/mol. The standard InChI is InChI=1S/C42H49FN12O7S/c1-6-27-36(63-24(4)46-27)40(59)50-41-47-28-20-25(37(44)56)21-31(62-16-10-11-52-14-17-61-18-15-52)34(28)53(41)12-8-9-13-54-35-30(60-5)22-26(38(45)57)32(43)33(35)48-42(54)49-39(58)29-19-23(3)51-55(29)7-2/h8-9,19-22H,6-7,10-18H2,1-5H3,(H2,44,56)(H2,45,57)(H,47,50,59)(H,48,49,58)/b9-8+. The zero-order chi connectivity index (χ0) is 44.9. The number of ether oxygens (including phenoxy) is 3. The molecule has 19 nitrogen and oxygen atoms in total. The fourth-order valence-corrected chi connectivity index (χ4v) is 8.35. The molecular weight excluding hydrogens is 836 g/mol. The van der Waals surface area contributed by atoms with Crippen molar-refractivity contribution in [2.75, 3.05) is 57.2 Å². The zero-order valence-electron chi connectivity index (χ0n) is 35.6. The highest BCUT2D eigenvalue weighted by Crippen LogP contribution is 2.35. The van der Waals surface area contributed by atoms with Crippen LogP contribution in [0.5, 0.6) is 11.5 Å². The highest BCUT2D eigenvalue weighted by molar-refractivity contribution is 7.13. The van der Waals surface area contributed by atoms with Gasteiger partial charge in [0.2, 0.25) is 17.8 Å². The van der Waals surface area contributed by atoms with Gasteiger partial charge in [-0.25, -0.2) is 19.3 Å². The smallest absolute Gasteiger partial charge is 0.276 e. The van der Waals surface area contributed by atoms with E-state index < -0.39 is 35.0 Å². The molecule has 0 aliphatic carbocycles. The van der Waals surface area contributed by atoms with Crippen LogP contribution in [0.25, 0.3) is 22.1 Å². The normalized spacial score (nSPS) is 13.3. The van der Waals surface area contributed by atoms with Crippen LogP contribution in [0, 0.1) is 19.7 Å². The Hall–Kier alpha value is -6.71. The van der Waals surface area contributed by atoms with Gasteiger partial charge in [0.15, 0.2) is 5.82 Å². The summed E-state index contributed by atoms with van der Waals surface area (Å²) in [6, 6.07) is 5.92. The van der Waals surface area contributed by atoms with Gasteiger partial charge in [0.05, 0.1) is 54.4 Å². The number of carbonyl (C=O) groups excluding carboxylic acids is 4. The molecule has 0 saturated carbocycles. The summed E-state index contributed by atoms with van der Waals surface area (Å²) in [6.07, 6.45) is 4.76. The Kier molecular flexibility index (Phi) is 13.5. The molecule has 0 spiro atoms. The quantitative estimate of drug-likeness (QED) is 0.0692. The van der Waals surface area contributed by atoms with Crippen molar-refractivity contribution in [2.24, 2.45) is 11.5 Å². The molecule has 1 aliphatic rings. The average Bonchev–Trinajstić information content (AvgIpc) is 4.04. The van der Waals surface area contributed by atoms with E-state index in [0.29, 0.717) is 72.3 Å². The third-order valence-corrected chi connectivity index (χ3v) is 11.5. The number of aryl methyl sites for hydroxylation is 4. The first kappa shape index (κ1) is 44.3. The summed E-state index contributed by atoms with van der Waals surface area (Å²) in [7, 11) is 1.36. The predicted octanol–water partition coefficient (Wildman–Crippen LogP) is 4.45. The molecule has 4 amide bonds. The van der Waals surface area contributed by atoms with Gasteiger partial charge in [-0.3, -0.25) is 39.4 Å². The molecule has 0 atom stereocenters. The van der Waals surface area contributed by atoms with Crippen LogP contribution in [0.3, 0.4) is 0 Å². The second-order valence-electron chi connectivity index (χ2n) is 14.7. The molecule has 332 valence electrons. The van der Waals surface area contributed by atoms with Crippen LogP contribution in [-0.2, 0) is 30.8 Å². The number of anilines is 2. The van der Waals surface area contributed by atoms with Crippen LogP contribution in [0.15, 0.2) is 36.4 Å². The number of primary amides is 2. The number of imidazole rings is 2. The summed E-state index contributed by atoms with van der Waals surface area (Å²) in [5.41, 5.74) is 13.3. The Morgan fingerprint density at radius 2 is 1.60 bits per heavy atom. The number of halogens is 1. The number of benzene rings is 2. The lowest BCUT2D eigenvalue weighted by Gasteiger charge is -2.26. The largest absolute Gasteiger partial charge is 0.494 e. The highest BCUT2D eigenvalue weighted by Gasteiger charge is 2.26. The number of fused-ring (bicyclic) bond motifs is 2. The Morgan fingerprint density at radius 3 is 2.27 bits per heavy atom. The highest BCUT2D eigenvalue weighted by atomic mass is 32.1. The number of morpholine rings is 1. The number of amides is 4. The van der Waals surface area contributed by atoms with E-state index >= 15 is 4.39 Å². The van der Waals surface area contributed by atoms with Gasteiger partial charge < -0.3 is 34.8 Å². The summed E-state index contributed by atoms with van der Waals surface area (Å²) >= 11 is 1.27. The van der Waals surface area contributed by atoms with E-state index in [2.05, 4.69) is 30.6 Å². The van der Waals surface area contributed by atoms with Gasteiger partial charge >= 0.3 is 0 Å². The molecule has 1 fully saturated rings. The number of thiazole rings is 1. The van der Waals surface area contributed by atoms with E-state index in [9.17, 15) is 19.2 Å². The van der Waals surface area contributed by atoms with Crippen LogP contribution in [-0.4, -0.2) is 109 Å². The van der Waals surface area contributed by atoms with Crippen molar-refractivity contribution in [3.05, 3.63) is 80.3 Å². The summed E-state index contributed by atoms with van der Waals surface area (Å²) < 4.78 is 38.1. The summed E-state index contributed by atoms with van der Waals surface area (Å²) in [5, 5.41) is 10.8. The lowest BCUT2D eigenvalue weighted by atomic mass is 10.1. The molecule has 0 radical (unpaired) electrons. The van der Waals surface area contributed by atoms with E-state index in [0.717, 1.165) is 24.6 Å². The number of nitrogens with one attached hydrogen (secondary N) is 2. The number of hydrogen-bond acceptors (Lipinski definition) is 13. The van der Waals surface area contributed by atoms with Crippen LogP contribution in [0.2, 0.25) is 0 Å². The van der Waals surface area contributed by atoms with Gasteiger partial charge in [0.1, 0.15) is 38.6 Å². The number of carbonyl (C=O) groups is 4. The van der Waals surface area contributed by atoms with Crippen molar-refractivity contribution in [1.82, 2.24) is 38.8 Å².